The van der Waals surface area contributed by atoms with Crippen molar-refractivity contribution >= 4 is 38.5 Å². The number of hydrogen-bond donors (Lipinski definition) is 0. The number of thiophene rings is 1. The molecular weight excluding hydrogens is 344 g/mol. The lowest BCUT2D eigenvalue weighted by Gasteiger charge is -1.96. The van der Waals surface area contributed by atoms with E-state index in [-0.39, 0.29) is 0 Å². The summed E-state index contributed by atoms with van der Waals surface area (Å²) in [7, 11) is 0. The van der Waals surface area contributed by atoms with Crippen LogP contribution < -0.4 is 0 Å². The molecule has 0 amide bonds. The molecule has 0 spiro atoms. The van der Waals surface area contributed by atoms with E-state index >= 15 is 0 Å². The second kappa shape index (κ2) is 6.55. The third-order valence-electron chi connectivity index (χ3n) is 3.72. The van der Waals surface area contributed by atoms with Crippen molar-refractivity contribution in [1.29, 1.82) is 5.26 Å². The minimum atomic E-state index is 0.797. The predicted molar refractivity (Wildman–Crippen MR) is 91.7 cm³/mol. The zero-order valence-corrected chi connectivity index (χ0v) is 14.0. The Labute approximate surface area is 137 Å². The van der Waals surface area contributed by atoms with E-state index < -0.39 is 0 Å². The molecule has 0 radical (unpaired) electrons. The van der Waals surface area contributed by atoms with Gasteiger partial charge in [0, 0.05) is 15.6 Å². The average Bonchev–Trinajstić information content (AvgIpc) is 2.66. The first-order chi connectivity index (χ1) is 10.3. The van der Waals surface area contributed by atoms with Gasteiger partial charge >= 0.3 is 0 Å². The number of nitriles is 1. The van der Waals surface area contributed by atoms with Gasteiger partial charge in [-0.25, -0.2) is 4.99 Å². The Bertz CT molecular complexity index is 708. The molecule has 0 atom stereocenters. The molecule has 0 saturated heterocycles. The van der Waals surface area contributed by atoms with Gasteiger partial charge in [0.1, 0.15) is 11.1 Å². The standard InChI is InChI=1S/C17H15BrN2S/c18-13-8-6-12(7-9-13)11-20-17-15(10-19)14-4-2-1-3-5-16(14)21-17/h6-9,11H,1-5H2/b20-11+. The largest absolute Gasteiger partial charge is 0.244 e. The predicted octanol–water partition coefficient (Wildman–Crippen LogP) is 5.40. The summed E-state index contributed by atoms with van der Waals surface area (Å²) in [4.78, 5) is 5.94. The Hall–Kier alpha value is -1.44. The molecule has 3 rings (SSSR count). The molecule has 1 heterocycles. The molecule has 21 heavy (non-hydrogen) atoms. The number of nitrogens with zero attached hydrogens (tertiary/aromatic N) is 2. The molecule has 2 aromatic rings. The van der Waals surface area contributed by atoms with Crippen LogP contribution in [0.4, 0.5) is 5.00 Å². The second-order valence-electron chi connectivity index (χ2n) is 5.17. The molecule has 1 aromatic heterocycles. The molecule has 0 aliphatic heterocycles. The van der Waals surface area contributed by atoms with Crippen molar-refractivity contribution in [1.82, 2.24) is 0 Å². The van der Waals surface area contributed by atoms with Gasteiger partial charge < -0.3 is 0 Å². The molecule has 1 aliphatic rings. The van der Waals surface area contributed by atoms with Gasteiger partial charge in [0.15, 0.2) is 0 Å². The van der Waals surface area contributed by atoms with Crippen molar-refractivity contribution in [2.45, 2.75) is 32.1 Å². The zero-order valence-electron chi connectivity index (χ0n) is 11.6. The number of hydrogen-bond acceptors (Lipinski definition) is 3. The average molecular weight is 359 g/mol. The number of aliphatic imine (C=N–C) groups is 1. The highest BCUT2D eigenvalue weighted by molar-refractivity contribution is 9.10. The number of aryl methyl sites for hydroxylation is 1. The lowest BCUT2D eigenvalue weighted by Crippen LogP contribution is -1.87. The number of halogens is 1. The third-order valence-corrected chi connectivity index (χ3v) is 5.44. The SMILES string of the molecule is N#Cc1c(/N=C/c2ccc(Br)cc2)sc2c1CCCCC2. The van der Waals surface area contributed by atoms with E-state index in [1.54, 1.807) is 11.3 Å². The van der Waals surface area contributed by atoms with Crippen molar-refractivity contribution in [3.8, 4) is 6.07 Å². The van der Waals surface area contributed by atoms with Gasteiger partial charge in [-0.1, -0.05) is 34.5 Å². The van der Waals surface area contributed by atoms with E-state index in [0.717, 1.165) is 33.4 Å². The highest BCUT2D eigenvalue weighted by Gasteiger charge is 2.19. The van der Waals surface area contributed by atoms with Crippen LogP contribution in [0, 0.1) is 11.3 Å². The van der Waals surface area contributed by atoms with Crippen LogP contribution in [0.2, 0.25) is 0 Å². The maximum Gasteiger partial charge on any atom is 0.134 e. The van der Waals surface area contributed by atoms with Crippen molar-refractivity contribution in [2.24, 2.45) is 4.99 Å². The first-order valence-electron chi connectivity index (χ1n) is 7.12. The van der Waals surface area contributed by atoms with E-state index in [1.807, 2.05) is 30.5 Å². The summed E-state index contributed by atoms with van der Waals surface area (Å²) >= 11 is 5.12. The fourth-order valence-electron chi connectivity index (χ4n) is 2.62. The van der Waals surface area contributed by atoms with Gasteiger partial charge in [0.25, 0.3) is 0 Å². The van der Waals surface area contributed by atoms with Gasteiger partial charge in [-0.3, -0.25) is 0 Å². The monoisotopic (exact) mass is 358 g/mol. The van der Waals surface area contributed by atoms with Crippen LogP contribution >= 0.6 is 27.3 Å². The van der Waals surface area contributed by atoms with Crippen LogP contribution in [0.1, 0.15) is 40.8 Å². The van der Waals surface area contributed by atoms with E-state index in [9.17, 15) is 5.26 Å². The molecule has 0 bridgehead atoms. The Kier molecular flexibility index (Phi) is 4.52. The van der Waals surface area contributed by atoms with E-state index in [1.165, 1.54) is 29.7 Å². The van der Waals surface area contributed by atoms with E-state index in [0.29, 0.717) is 0 Å². The maximum atomic E-state index is 9.47. The summed E-state index contributed by atoms with van der Waals surface area (Å²) in [6.07, 6.45) is 7.66. The molecular formula is C17H15BrN2S. The molecule has 0 N–H and O–H groups in total. The first kappa shape index (κ1) is 14.5. The van der Waals surface area contributed by atoms with E-state index in [4.69, 9.17) is 0 Å². The normalized spacial score (nSPS) is 14.7. The Morgan fingerprint density at radius 2 is 1.90 bits per heavy atom. The van der Waals surface area contributed by atoms with Crippen LogP contribution in [-0.2, 0) is 12.8 Å². The summed E-state index contributed by atoms with van der Waals surface area (Å²) in [6.45, 7) is 0. The number of rotatable bonds is 2. The summed E-state index contributed by atoms with van der Waals surface area (Å²) in [5.41, 5.74) is 3.10. The second-order valence-corrected chi connectivity index (χ2v) is 7.17. The summed E-state index contributed by atoms with van der Waals surface area (Å²) in [6, 6.07) is 10.4. The quantitative estimate of drug-likeness (QED) is 0.522. The van der Waals surface area contributed by atoms with Crippen LogP contribution in [0.3, 0.4) is 0 Å². The van der Waals surface area contributed by atoms with Crippen molar-refractivity contribution < 1.29 is 0 Å². The molecule has 0 saturated carbocycles. The molecule has 106 valence electrons. The van der Waals surface area contributed by atoms with Crippen LogP contribution in [0.5, 0.6) is 0 Å². The minimum Gasteiger partial charge on any atom is -0.244 e. The van der Waals surface area contributed by atoms with Gasteiger partial charge in [-0.15, -0.1) is 11.3 Å². The Balaban J connectivity index is 1.92. The van der Waals surface area contributed by atoms with Crippen molar-refractivity contribution in [3.05, 3.63) is 50.3 Å². The topological polar surface area (TPSA) is 36.1 Å². The van der Waals surface area contributed by atoms with Crippen LogP contribution in [0.25, 0.3) is 0 Å². The van der Waals surface area contributed by atoms with Crippen LogP contribution in [0.15, 0.2) is 33.7 Å². The number of fused-ring (bicyclic) bond motifs is 1. The summed E-state index contributed by atoms with van der Waals surface area (Å²) < 4.78 is 1.06. The van der Waals surface area contributed by atoms with Gasteiger partial charge in [0.2, 0.25) is 0 Å². The van der Waals surface area contributed by atoms with Crippen molar-refractivity contribution in [2.75, 3.05) is 0 Å². The first-order valence-corrected chi connectivity index (χ1v) is 8.73. The van der Waals surface area contributed by atoms with Gasteiger partial charge in [-0.05, 0) is 48.9 Å². The number of benzene rings is 1. The van der Waals surface area contributed by atoms with Gasteiger partial charge in [0.05, 0.1) is 5.56 Å². The van der Waals surface area contributed by atoms with E-state index in [2.05, 4.69) is 27.0 Å². The lowest BCUT2D eigenvalue weighted by atomic mass is 10.1. The molecule has 1 aliphatic carbocycles. The summed E-state index contributed by atoms with van der Waals surface area (Å²) in [5.74, 6) is 0. The molecule has 0 fully saturated rings. The maximum absolute atomic E-state index is 9.47. The lowest BCUT2D eigenvalue weighted by molar-refractivity contribution is 0.712. The van der Waals surface area contributed by atoms with Crippen molar-refractivity contribution in [3.63, 3.8) is 0 Å². The molecule has 2 nitrogen and oxygen atoms in total. The highest BCUT2D eigenvalue weighted by Crippen LogP contribution is 2.38. The zero-order chi connectivity index (χ0) is 14.7. The smallest absolute Gasteiger partial charge is 0.134 e. The molecule has 1 aromatic carbocycles. The Morgan fingerprint density at radius 3 is 2.67 bits per heavy atom. The van der Waals surface area contributed by atoms with Crippen LogP contribution in [-0.4, -0.2) is 6.21 Å². The fraction of sp³-hybridized carbons (Fsp3) is 0.294. The highest BCUT2D eigenvalue weighted by atomic mass is 79.9. The summed E-state index contributed by atoms with van der Waals surface area (Å²) in [5, 5.41) is 10.3. The van der Waals surface area contributed by atoms with Gasteiger partial charge in [-0.2, -0.15) is 5.26 Å². The molecule has 4 heteroatoms. The Morgan fingerprint density at radius 1 is 1.14 bits per heavy atom. The minimum absolute atomic E-state index is 0.797. The fourth-order valence-corrected chi connectivity index (χ4v) is 4.06. The molecule has 0 unspecified atom stereocenters. The third kappa shape index (κ3) is 3.25.